The van der Waals surface area contributed by atoms with Crippen LogP contribution in [-0.2, 0) is 43.2 Å². The molecule has 0 aromatic heterocycles. The van der Waals surface area contributed by atoms with E-state index in [9.17, 15) is 89.3 Å². The molecular weight excluding hydrogens is 954 g/mol. The number of aliphatic carboxylic acids is 2. The van der Waals surface area contributed by atoms with E-state index in [1.165, 1.54) is 12.8 Å². The van der Waals surface area contributed by atoms with Crippen molar-refractivity contribution in [3.05, 3.63) is 10.4 Å². The Morgan fingerprint density at radius 1 is 0.521 bits per heavy atom. The van der Waals surface area contributed by atoms with Crippen LogP contribution in [0.5, 0.6) is 0 Å². The second kappa shape index (κ2) is 36.4. The minimum Gasteiger partial charge on any atom is -0.597 e. The predicted octanol–water partition coefficient (Wildman–Crippen LogP) is -4.16. The summed E-state index contributed by atoms with van der Waals surface area (Å²) >= 11 is 0. The van der Waals surface area contributed by atoms with Crippen LogP contribution in [-0.4, -0.2) is 197 Å². The molecule has 0 fully saturated rings. The number of carbonyl (C=O) groups excluding carboxylic acids is 7. The van der Waals surface area contributed by atoms with E-state index in [1.54, 1.807) is 0 Å². The third-order valence-electron chi connectivity index (χ3n) is 10.5. The molecule has 0 rings (SSSR count). The molecule has 0 radical (unpaired) electrons. The largest absolute Gasteiger partial charge is 0.597 e. The van der Waals surface area contributed by atoms with Gasteiger partial charge < -0.3 is 93.8 Å². The fourth-order valence-electron chi connectivity index (χ4n) is 6.50. The number of nitrogens with zero attached hydrogens (tertiary/aromatic N) is 4. The molecule has 0 aliphatic heterocycles. The molecule has 0 heterocycles. The van der Waals surface area contributed by atoms with Gasteiger partial charge in [-0.15, -0.1) is 0 Å². The number of nitrogens with one attached hydrogen (secondary N) is 7. The highest BCUT2D eigenvalue weighted by atomic mass is 16.6. The SMILES string of the molecule is CCCCCCCCCCC[C@@H](O)CC(=O)NCC(=O)N[C@@H](C(=O)N[C@@H](CO)C(=O)N[C@@H](C(=O)N[C@H](CCC/[N+]([O-])=N/O)C(=O)N[C@@H](CO)C(=O)N[C@H](CCC/[N+]([O-])=N/O)C(=O)O)[C@@H](C)O)[C@@H](O)C(=O)O. The number of unbranched alkanes of at least 4 members (excludes halogenated alkanes) is 8. The molecule has 16 N–H and O–H groups in total. The van der Waals surface area contributed by atoms with Crippen LogP contribution >= 0.6 is 0 Å². The first-order chi connectivity index (χ1) is 33.6. The Bertz CT molecular complexity index is 1770. The monoisotopic (exact) mass is 1030 g/mol. The molecule has 406 valence electrons. The predicted molar refractivity (Wildman–Crippen MR) is 238 cm³/mol. The molecule has 0 saturated heterocycles. The maximum Gasteiger partial charge on any atom is 0.335 e. The summed E-state index contributed by atoms with van der Waals surface area (Å²) in [5, 5.41) is 128. The van der Waals surface area contributed by atoms with Gasteiger partial charge in [-0.3, -0.25) is 33.6 Å². The van der Waals surface area contributed by atoms with Crippen molar-refractivity contribution < 1.29 is 99.0 Å². The zero-order valence-electron chi connectivity index (χ0n) is 39.6. The van der Waals surface area contributed by atoms with Crippen molar-refractivity contribution in [2.45, 2.75) is 165 Å². The zero-order chi connectivity index (χ0) is 54.1. The summed E-state index contributed by atoms with van der Waals surface area (Å²) in [5.41, 5.74) is 0. The second-order valence-electron chi connectivity index (χ2n) is 16.4. The van der Waals surface area contributed by atoms with Crippen molar-refractivity contribution in [1.82, 2.24) is 37.2 Å². The summed E-state index contributed by atoms with van der Waals surface area (Å²) in [6.07, 6.45) is 2.34. The first-order valence-electron chi connectivity index (χ1n) is 23.0. The first kappa shape index (κ1) is 64.4. The molecule has 0 aliphatic carbocycles. The number of hydroxylamine groups is 2. The quantitative estimate of drug-likeness (QED) is 0.0120. The Balaban J connectivity index is 5.85. The van der Waals surface area contributed by atoms with Crippen LogP contribution in [0.2, 0.25) is 0 Å². The summed E-state index contributed by atoms with van der Waals surface area (Å²) in [6, 6.07) is -11.9. The molecule has 0 aromatic rings. The van der Waals surface area contributed by atoms with Crippen LogP contribution in [0.25, 0.3) is 0 Å². The fourth-order valence-corrected chi connectivity index (χ4v) is 6.50. The Hall–Kier alpha value is -6.57. The lowest BCUT2D eigenvalue weighted by Gasteiger charge is -2.28. The van der Waals surface area contributed by atoms with Crippen molar-refractivity contribution in [3.8, 4) is 0 Å². The molecular formula is C40H71N11O20. The van der Waals surface area contributed by atoms with Crippen LogP contribution in [0.1, 0.15) is 110 Å². The number of carbonyl (C=O) groups is 9. The standard InChI is InChI=1S/C40H71N11O20/c1-3-4-5-6-7-8-9-10-11-14-24(55)19-29(56)41-20-30(57)46-32(33(58)40(66)67)38(63)45-28(22-53)36(61)47-31(23(2)54)37(62)42-25(15-12-17-50(70)48-68)34(59)44-27(21-52)35(60)43-26(39(64)65)16-13-18-51(71)49-69/h23-28,31-33,52-55,58,68-69H,3-22H2,1-2H3,(H,41,56)(H,42,62)(H,43,60)(H,44,59)(H,45,63)(H,46,57)(H,47,61)(H,64,65)(H,66,67)/b50-48-,51-49-/t23-,24-,25-,26-,27+,28+,31-,32-,33-/m1/s1. The van der Waals surface area contributed by atoms with E-state index in [1.807, 2.05) is 21.3 Å². The smallest absolute Gasteiger partial charge is 0.335 e. The third-order valence-corrected chi connectivity index (χ3v) is 10.5. The molecule has 0 bridgehead atoms. The van der Waals surface area contributed by atoms with Gasteiger partial charge in [0, 0.05) is 12.8 Å². The van der Waals surface area contributed by atoms with Gasteiger partial charge in [0.1, 0.15) is 36.3 Å². The highest BCUT2D eigenvalue weighted by molar-refractivity contribution is 5.98. The van der Waals surface area contributed by atoms with E-state index >= 15 is 0 Å². The van der Waals surface area contributed by atoms with Gasteiger partial charge in [-0.1, -0.05) is 74.4 Å². The Labute approximate surface area is 407 Å². The highest BCUT2D eigenvalue weighted by Crippen LogP contribution is 2.13. The Morgan fingerprint density at radius 2 is 0.958 bits per heavy atom. The van der Waals surface area contributed by atoms with Gasteiger partial charge in [-0.2, -0.15) is 0 Å². The van der Waals surface area contributed by atoms with Gasteiger partial charge in [0.15, 0.2) is 29.7 Å². The Kier molecular flexibility index (Phi) is 33.0. The number of amides is 7. The number of carboxylic acids is 2. The number of rotatable bonds is 39. The van der Waals surface area contributed by atoms with Crippen molar-refractivity contribution in [2.24, 2.45) is 10.6 Å². The van der Waals surface area contributed by atoms with Crippen LogP contribution in [0, 0.1) is 10.4 Å². The average Bonchev–Trinajstić information content (AvgIpc) is 3.32. The van der Waals surface area contributed by atoms with E-state index in [4.69, 9.17) is 10.4 Å². The van der Waals surface area contributed by atoms with E-state index in [2.05, 4.69) is 33.4 Å². The number of hydrogen-bond donors (Lipinski definition) is 16. The molecule has 9 atom stereocenters. The minimum atomic E-state index is -2.67. The molecule has 0 spiro atoms. The van der Waals surface area contributed by atoms with Crippen molar-refractivity contribution >= 4 is 53.3 Å². The van der Waals surface area contributed by atoms with Crippen LogP contribution in [0.4, 0.5) is 0 Å². The summed E-state index contributed by atoms with van der Waals surface area (Å²) in [5.74, 6) is -12.5. The molecule has 0 aliphatic rings. The van der Waals surface area contributed by atoms with Gasteiger partial charge in [0.25, 0.3) is 0 Å². The lowest BCUT2D eigenvalue weighted by atomic mass is 10.0. The van der Waals surface area contributed by atoms with Crippen LogP contribution in [0.3, 0.4) is 0 Å². The Morgan fingerprint density at radius 3 is 1.44 bits per heavy atom. The zero-order valence-corrected chi connectivity index (χ0v) is 39.6. The number of aliphatic hydroxyl groups excluding tert-OH is 5. The highest BCUT2D eigenvalue weighted by Gasteiger charge is 2.38. The summed E-state index contributed by atoms with van der Waals surface area (Å²) in [6.45, 7) is -1.26. The fraction of sp³-hybridized carbons (Fsp3) is 0.775. The molecule has 31 heteroatoms. The molecule has 0 saturated carbocycles. The molecule has 31 nitrogen and oxygen atoms in total. The summed E-state index contributed by atoms with van der Waals surface area (Å²) in [4.78, 5) is 114. The third kappa shape index (κ3) is 27.4. The van der Waals surface area contributed by atoms with Crippen molar-refractivity contribution in [3.63, 3.8) is 0 Å². The van der Waals surface area contributed by atoms with Gasteiger partial charge >= 0.3 is 11.9 Å². The first-order valence-corrected chi connectivity index (χ1v) is 23.0. The normalized spacial score (nSPS) is 15.5. The topological polar surface area (TPSA) is 497 Å². The van der Waals surface area contributed by atoms with E-state index in [0.717, 1.165) is 45.4 Å². The van der Waals surface area contributed by atoms with Crippen molar-refractivity contribution in [2.75, 3.05) is 32.8 Å². The number of carboxylic acid groups (broad SMARTS) is 2. The maximum atomic E-state index is 13.5. The number of aliphatic hydroxyl groups is 5. The summed E-state index contributed by atoms with van der Waals surface area (Å²) in [7, 11) is 0. The van der Waals surface area contributed by atoms with Gasteiger partial charge in [0.2, 0.25) is 41.4 Å². The average molecular weight is 1030 g/mol. The molecule has 0 aromatic carbocycles. The molecule has 7 amide bonds. The van der Waals surface area contributed by atoms with Crippen LogP contribution in [0.15, 0.2) is 10.6 Å². The van der Waals surface area contributed by atoms with Gasteiger partial charge in [0.05, 0.1) is 38.4 Å². The van der Waals surface area contributed by atoms with E-state index in [0.29, 0.717) is 12.8 Å². The van der Waals surface area contributed by atoms with E-state index in [-0.39, 0.29) is 35.4 Å². The van der Waals surface area contributed by atoms with Gasteiger partial charge in [-0.25, -0.2) is 9.59 Å². The maximum absolute atomic E-state index is 13.5. The lowest BCUT2D eigenvalue weighted by Crippen LogP contribution is -2.63. The lowest BCUT2D eigenvalue weighted by molar-refractivity contribution is -0.556. The van der Waals surface area contributed by atoms with Crippen LogP contribution < -0.4 is 37.2 Å². The molecule has 71 heavy (non-hydrogen) atoms. The van der Waals surface area contributed by atoms with Gasteiger partial charge in [-0.05, 0) is 26.2 Å². The number of hydrogen-bond acceptors (Lipinski definition) is 18. The second-order valence-corrected chi connectivity index (χ2v) is 16.4. The summed E-state index contributed by atoms with van der Waals surface area (Å²) < 4.78 is 0. The molecule has 0 unspecified atom stereocenters. The minimum absolute atomic E-state index is 0.167. The van der Waals surface area contributed by atoms with Crippen molar-refractivity contribution in [1.29, 1.82) is 0 Å². The van der Waals surface area contributed by atoms with E-state index < -0.39 is 147 Å².